The average Bonchev–Trinajstić information content (AvgIpc) is 2.12. The molecule has 0 saturated heterocycles. The van der Waals surface area contributed by atoms with Crippen molar-refractivity contribution in [1.29, 1.82) is 0 Å². The maximum Gasteiger partial charge on any atom is 0.182 e. The molecule has 1 heteroatoms. The molecule has 0 radical (unpaired) electrons. The van der Waals surface area contributed by atoms with Crippen LogP contribution in [0.4, 0.5) is 0 Å². The van der Waals surface area contributed by atoms with Gasteiger partial charge in [-0.2, -0.15) is 0 Å². The Morgan fingerprint density at radius 1 is 1.47 bits per heavy atom. The zero-order valence-electron chi connectivity index (χ0n) is 10.3. The lowest BCUT2D eigenvalue weighted by molar-refractivity contribution is -0.112. The van der Waals surface area contributed by atoms with Crippen LogP contribution in [-0.4, -0.2) is 5.78 Å². The summed E-state index contributed by atoms with van der Waals surface area (Å²) in [5, 5.41) is 0. The van der Waals surface area contributed by atoms with Crippen LogP contribution >= 0.6 is 0 Å². The molecule has 1 rings (SSSR count). The summed E-state index contributed by atoms with van der Waals surface area (Å²) in [6, 6.07) is 0. The minimum absolute atomic E-state index is 0.0601. The number of carbonyl (C=O) groups is 1. The molecule has 0 unspecified atom stereocenters. The monoisotopic (exact) mass is 204 g/mol. The fourth-order valence-electron chi connectivity index (χ4n) is 2.09. The molecular weight excluding hydrogens is 184 g/mol. The predicted molar refractivity (Wildman–Crippen MR) is 64.6 cm³/mol. The van der Waals surface area contributed by atoms with Gasteiger partial charge in [0, 0.05) is 5.57 Å². The third-order valence-electron chi connectivity index (χ3n) is 3.38. The second kappa shape index (κ2) is 4.18. The largest absolute Gasteiger partial charge is 0.290 e. The number of ketones is 1. The Labute approximate surface area is 92.6 Å². The Hall–Kier alpha value is -1.11. The van der Waals surface area contributed by atoms with Crippen molar-refractivity contribution in [1.82, 2.24) is 0 Å². The molecular formula is C14H20O. The van der Waals surface area contributed by atoms with Crippen molar-refractivity contribution in [3.05, 3.63) is 35.5 Å². The summed E-state index contributed by atoms with van der Waals surface area (Å²) in [5.74, 6) is 0.557. The Morgan fingerprint density at radius 2 is 2.07 bits per heavy atom. The van der Waals surface area contributed by atoms with Crippen LogP contribution in [0.25, 0.3) is 0 Å². The van der Waals surface area contributed by atoms with Gasteiger partial charge in [-0.25, -0.2) is 0 Å². The molecule has 15 heavy (non-hydrogen) atoms. The van der Waals surface area contributed by atoms with Gasteiger partial charge in [0.1, 0.15) is 0 Å². The Morgan fingerprint density at radius 3 is 2.60 bits per heavy atom. The Bertz CT molecular complexity index is 354. The van der Waals surface area contributed by atoms with Crippen molar-refractivity contribution in [3.63, 3.8) is 0 Å². The van der Waals surface area contributed by atoms with Crippen LogP contribution in [0.1, 0.15) is 34.6 Å². The van der Waals surface area contributed by atoms with Gasteiger partial charge in [-0.1, -0.05) is 39.0 Å². The van der Waals surface area contributed by atoms with Gasteiger partial charge < -0.3 is 0 Å². The first-order valence-electron chi connectivity index (χ1n) is 5.47. The number of hydrogen-bond donors (Lipinski definition) is 0. The molecule has 82 valence electrons. The van der Waals surface area contributed by atoms with E-state index in [2.05, 4.69) is 32.9 Å². The van der Waals surface area contributed by atoms with Crippen LogP contribution in [0.2, 0.25) is 0 Å². The average molecular weight is 204 g/mol. The first-order valence-corrected chi connectivity index (χ1v) is 5.47. The van der Waals surface area contributed by atoms with Crippen LogP contribution in [0.15, 0.2) is 35.5 Å². The van der Waals surface area contributed by atoms with Gasteiger partial charge in [-0.05, 0) is 36.8 Å². The zero-order chi connectivity index (χ0) is 11.6. The van der Waals surface area contributed by atoms with E-state index >= 15 is 0 Å². The van der Waals surface area contributed by atoms with Gasteiger partial charge in [-0.3, -0.25) is 4.79 Å². The molecule has 0 aromatic rings. The van der Waals surface area contributed by atoms with Gasteiger partial charge in [0.15, 0.2) is 5.78 Å². The van der Waals surface area contributed by atoms with Crippen molar-refractivity contribution in [3.8, 4) is 0 Å². The maximum atomic E-state index is 12.0. The predicted octanol–water partition coefficient (Wildman–Crippen LogP) is 3.68. The van der Waals surface area contributed by atoms with Gasteiger partial charge in [0.25, 0.3) is 0 Å². The molecule has 1 nitrogen and oxygen atoms in total. The topological polar surface area (TPSA) is 17.1 Å². The number of carbonyl (C=O) groups excluding carboxylic acids is 1. The van der Waals surface area contributed by atoms with Crippen molar-refractivity contribution in [2.75, 3.05) is 0 Å². The molecule has 0 aromatic heterocycles. The van der Waals surface area contributed by atoms with Crippen molar-refractivity contribution >= 4 is 5.78 Å². The fourth-order valence-corrected chi connectivity index (χ4v) is 2.09. The standard InChI is InChI=1S/C14H20O/c1-6-7-12(15)13-10(2)8-9-11(3)14(13,4)5/h6-9,11H,1-5H3/b7-6+/t11-/m0/s1. The lowest BCUT2D eigenvalue weighted by Crippen LogP contribution is -2.30. The van der Waals surface area contributed by atoms with E-state index in [1.807, 2.05) is 19.9 Å². The second-order valence-corrected chi connectivity index (χ2v) is 4.79. The minimum atomic E-state index is -0.0601. The molecule has 1 atom stereocenters. The molecule has 0 saturated carbocycles. The van der Waals surface area contributed by atoms with Crippen molar-refractivity contribution < 1.29 is 4.79 Å². The van der Waals surface area contributed by atoms with E-state index in [9.17, 15) is 4.79 Å². The van der Waals surface area contributed by atoms with Gasteiger partial charge in [0.05, 0.1) is 0 Å². The van der Waals surface area contributed by atoms with E-state index in [1.54, 1.807) is 6.08 Å². The third kappa shape index (κ3) is 2.11. The molecule has 0 spiro atoms. The SMILES string of the molecule is C/C=C/C(=O)C1=C(C)C=C[C@H](C)C1(C)C. The molecule has 0 heterocycles. The lowest BCUT2D eigenvalue weighted by Gasteiger charge is -2.35. The van der Waals surface area contributed by atoms with E-state index in [1.165, 1.54) is 0 Å². The highest BCUT2D eigenvalue weighted by atomic mass is 16.1. The summed E-state index contributed by atoms with van der Waals surface area (Å²) < 4.78 is 0. The van der Waals surface area contributed by atoms with Crippen LogP contribution in [0, 0.1) is 11.3 Å². The maximum absolute atomic E-state index is 12.0. The van der Waals surface area contributed by atoms with Gasteiger partial charge >= 0.3 is 0 Å². The highest BCUT2D eigenvalue weighted by Gasteiger charge is 2.34. The van der Waals surface area contributed by atoms with E-state index < -0.39 is 0 Å². The Kier molecular flexibility index (Phi) is 3.33. The molecule has 0 N–H and O–H groups in total. The molecule has 1 aliphatic carbocycles. The van der Waals surface area contributed by atoms with Crippen LogP contribution < -0.4 is 0 Å². The smallest absolute Gasteiger partial charge is 0.182 e. The van der Waals surface area contributed by atoms with Crippen LogP contribution in [0.5, 0.6) is 0 Å². The summed E-state index contributed by atoms with van der Waals surface area (Å²) in [6.07, 6.45) is 7.71. The lowest BCUT2D eigenvalue weighted by atomic mass is 9.68. The zero-order valence-corrected chi connectivity index (χ0v) is 10.3. The highest BCUT2D eigenvalue weighted by Crippen LogP contribution is 2.41. The quantitative estimate of drug-likeness (QED) is 0.627. The normalized spacial score (nSPS) is 25.0. The summed E-state index contributed by atoms with van der Waals surface area (Å²) in [7, 11) is 0. The van der Waals surface area contributed by atoms with E-state index in [0.717, 1.165) is 11.1 Å². The van der Waals surface area contributed by atoms with E-state index in [4.69, 9.17) is 0 Å². The molecule has 0 fully saturated rings. The first-order chi connectivity index (χ1) is 6.91. The Balaban J connectivity index is 3.22. The van der Waals surface area contributed by atoms with Gasteiger partial charge in [0.2, 0.25) is 0 Å². The molecule has 0 amide bonds. The second-order valence-electron chi connectivity index (χ2n) is 4.79. The van der Waals surface area contributed by atoms with Crippen molar-refractivity contribution in [2.45, 2.75) is 34.6 Å². The van der Waals surface area contributed by atoms with E-state index in [0.29, 0.717) is 5.92 Å². The summed E-state index contributed by atoms with van der Waals surface area (Å²) in [4.78, 5) is 12.0. The number of allylic oxidation sites excluding steroid dienone is 6. The van der Waals surface area contributed by atoms with Crippen LogP contribution in [0.3, 0.4) is 0 Å². The molecule has 1 aliphatic rings. The van der Waals surface area contributed by atoms with E-state index in [-0.39, 0.29) is 11.2 Å². The third-order valence-corrected chi connectivity index (χ3v) is 3.38. The molecule has 0 aromatic carbocycles. The highest BCUT2D eigenvalue weighted by molar-refractivity contribution is 6.06. The number of hydrogen-bond acceptors (Lipinski definition) is 1. The number of rotatable bonds is 2. The van der Waals surface area contributed by atoms with Gasteiger partial charge in [-0.15, -0.1) is 0 Å². The molecule has 0 aliphatic heterocycles. The van der Waals surface area contributed by atoms with Crippen LogP contribution in [-0.2, 0) is 4.79 Å². The summed E-state index contributed by atoms with van der Waals surface area (Å²) in [5.41, 5.74) is 1.99. The van der Waals surface area contributed by atoms with Crippen molar-refractivity contribution in [2.24, 2.45) is 11.3 Å². The minimum Gasteiger partial charge on any atom is -0.290 e. The summed E-state index contributed by atoms with van der Waals surface area (Å²) in [6.45, 7) is 10.3. The first kappa shape index (κ1) is 12.0. The molecule has 0 bridgehead atoms. The summed E-state index contributed by atoms with van der Waals surface area (Å²) >= 11 is 0. The fraction of sp³-hybridized carbons (Fsp3) is 0.500.